The van der Waals surface area contributed by atoms with Gasteiger partial charge < -0.3 is 9.88 Å². The van der Waals surface area contributed by atoms with Gasteiger partial charge in [-0.3, -0.25) is 0 Å². The van der Waals surface area contributed by atoms with Crippen LogP contribution in [0.15, 0.2) is 0 Å². The van der Waals surface area contributed by atoms with Crippen molar-refractivity contribution < 1.29 is 0 Å². The van der Waals surface area contributed by atoms with Crippen molar-refractivity contribution in [2.75, 3.05) is 13.1 Å². The van der Waals surface area contributed by atoms with Crippen molar-refractivity contribution in [2.24, 2.45) is 13.0 Å². The summed E-state index contributed by atoms with van der Waals surface area (Å²) in [6, 6.07) is 0. The molecule has 1 aromatic rings. The monoisotopic (exact) mass is 179 g/mol. The third-order valence-corrected chi connectivity index (χ3v) is 3.05. The maximum Gasteiger partial charge on any atom is 0.109 e. The third kappa shape index (κ3) is 1.48. The summed E-state index contributed by atoms with van der Waals surface area (Å²) in [5.74, 6) is 2.04. The van der Waals surface area contributed by atoms with Crippen molar-refractivity contribution in [2.45, 2.75) is 20.3 Å². The zero-order valence-corrected chi connectivity index (χ0v) is 8.59. The summed E-state index contributed by atoms with van der Waals surface area (Å²) in [6.07, 6.45) is 1.12. The van der Waals surface area contributed by atoms with E-state index in [9.17, 15) is 0 Å². The van der Waals surface area contributed by atoms with E-state index in [1.165, 1.54) is 17.2 Å². The standard InChI is InChI=1S/C10H17N3/c1-7-8(2)13(3)10(12-7)4-9-5-11-6-9/h9,11H,4-6H2,1-3H3. The Morgan fingerprint density at radius 1 is 1.46 bits per heavy atom. The van der Waals surface area contributed by atoms with Crippen LogP contribution in [0.25, 0.3) is 0 Å². The number of aromatic nitrogens is 2. The molecule has 13 heavy (non-hydrogen) atoms. The number of rotatable bonds is 2. The Hall–Kier alpha value is -0.830. The Morgan fingerprint density at radius 2 is 2.15 bits per heavy atom. The summed E-state index contributed by atoms with van der Waals surface area (Å²) in [7, 11) is 2.11. The molecule has 1 saturated heterocycles. The number of nitrogens with zero attached hydrogens (tertiary/aromatic N) is 2. The molecule has 0 spiro atoms. The Morgan fingerprint density at radius 3 is 2.54 bits per heavy atom. The molecule has 0 saturated carbocycles. The fourth-order valence-corrected chi connectivity index (χ4v) is 1.72. The summed E-state index contributed by atoms with van der Waals surface area (Å²) in [5, 5.41) is 3.29. The number of nitrogens with one attached hydrogen (secondary N) is 1. The minimum atomic E-state index is 0.805. The van der Waals surface area contributed by atoms with Gasteiger partial charge in [0.2, 0.25) is 0 Å². The molecule has 0 radical (unpaired) electrons. The van der Waals surface area contributed by atoms with Crippen LogP contribution in [0, 0.1) is 19.8 Å². The highest BCUT2D eigenvalue weighted by molar-refractivity contribution is 5.14. The van der Waals surface area contributed by atoms with E-state index < -0.39 is 0 Å². The predicted molar refractivity (Wildman–Crippen MR) is 52.7 cm³/mol. The summed E-state index contributed by atoms with van der Waals surface area (Å²) in [6.45, 7) is 6.53. The molecule has 1 fully saturated rings. The van der Waals surface area contributed by atoms with Crippen molar-refractivity contribution in [3.63, 3.8) is 0 Å². The number of hydrogen-bond donors (Lipinski definition) is 1. The molecule has 3 nitrogen and oxygen atoms in total. The van der Waals surface area contributed by atoms with E-state index in [0.29, 0.717) is 0 Å². The van der Waals surface area contributed by atoms with Crippen molar-refractivity contribution in [1.29, 1.82) is 0 Å². The normalized spacial score (nSPS) is 17.5. The Kier molecular flexibility index (Phi) is 2.12. The molecule has 0 aliphatic carbocycles. The van der Waals surface area contributed by atoms with Crippen LogP contribution in [0.5, 0.6) is 0 Å². The van der Waals surface area contributed by atoms with Crippen LogP contribution in [0.2, 0.25) is 0 Å². The lowest BCUT2D eigenvalue weighted by molar-refractivity contribution is 0.338. The molecule has 3 heteroatoms. The number of imidazole rings is 1. The van der Waals surface area contributed by atoms with Gasteiger partial charge in [-0.1, -0.05) is 0 Å². The molecular weight excluding hydrogens is 162 g/mol. The van der Waals surface area contributed by atoms with Gasteiger partial charge >= 0.3 is 0 Å². The van der Waals surface area contributed by atoms with Crippen LogP contribution in [0.4, 0.5) is 0 Å². The van der Waals surface area contributed by atoms with Crippen LogP contribution < -0.4 is 5.32 Å². The van der Waals surface area contributed by atoms with Gasteiger partial charge in [0.25, 0.3) is 0 Å². The summed E-state index contributed by atoms with van der Waals surface area (Å²) < 4.78 is 2.22. The lowest BCUT2D eigenvalue weighted by atomic mass is 9.99. The molecule has 0 amide bonds. The first-order valence-corrected chi connectivity index (χ1v) is 4.88. The van der Waals surface area contributed by atoms with E-state index >= 15 is 0 Å². The maximum atomic E-state index is 4.57. The topological polar surface area (TPSA) is 29.9 Å². The Bertz CT molecular complexity index is 310. The molecule has 2 heterocycles. The minimum absolute atomic E-state index is 0.805. The van der Waals surface area contributed by atoms with Crippen LogP contribution in [0.3, 0.4) is 0 Å². The zero-order chi connectivity index (χ0) is 9.42. The third-order valence-electron chi connectivity index (χ3n) is 3.05. The van der Waals surface area contributed by atoms with Crippen LogP contribution in [-0.4, -0.2) is 22.6 Å². The first-order valence-electron chi connectivity index (χ1n) is 4.88. The van der Waals surface area contributed by atoms with Gasteiger partial charge in [0, 0.05) is 19.2 Å². The van der Waals surface area contributed by atoms with Crippen LogP contribution in [-0.2, 0) is 13.5 Å². The summed E-state index contributed by atoms with van der Waals surface area (Å²) in [4.78, 5) is 4.57. The second kappa shape index (κ2) is 3.14. The van der Waals surface area contributed by atoms with Gasteiger partial charge in [-0.15, -0.1) is 0 Å². The highest BCUT2D eigenvalue weighted by atomic mass is 15.1. The fraction of sp³-hybridized carbons (Fsp3) is 0.700. The zero-order valence-electron chi connectivity index (χ0n) is 8.59. The average molecular weight is 179 g/mol. The van der Waals surface area contributed by atoms with Crippen molar-refractivity contribution in [1.82, 2.24) is 14.9 Å². The largest absolute Gasteiger partial charge is 0.335 e. The van der Waals surface area contributed by atoms with Gasteiger partial charge in [-0.2, -0.15) is 0 Å². The molecule has 1 N–H and O–H groups in total. The van der Waals surface area contributed by atoms with Gasteiger partial charge in [0.15, 0.2) is 0 Å². The lowest BCUT2D eigenvalue weighted by Crippen LogP contribution is -2.43. The maximum absolute atomic E-state index is 4.57. The molecule has 0 atom stereocenters. The summed E-state index contributed by atoms with van der Waals surface area (Å²) >= 11 is 0. The second-order valence-corrected chi connectivity index (χ2v) is 3.99. The van der Waals surface area contributed by atoms with E-state index in [1.54, 1.807) is 0 Å². The fourth-order valence-electron chi connectivity index (χ4n) is 1.72. The molecule has 1 aliphatic heterocycles. The van der Waals surface area contributed by atoms with E-state index in [-0.39, 0.29) is 0 Å². The van der Waals surface area contributed by atoms with Crippen LogP contribution >= 0.6 is 0 Å². The number of hydrogen-bond acceptors (Lipinski definition) is 2. The lowest BCUT2D eigenvalue weighted by Gasteiger charge is -2.26. The first kappa shape index (κ1) is 8.75. The molecule has 1 aromatic heterocycles. The molecular formula is C10H17N3. The van der Waals surface area contributed by atoms with Crippen molar-refractivity contribution >= 4 is 0 Å². The van der Waals surface area contributed by atoms with E-state index in [4.69, 9.17) is 0 Å². The van der Waals surface area contributed by atoms with Gasteiger partial charge in [-0.05, 0) is 32.9 Å². The molecule has 1 aliphatic rings. The quantitative estimate of drug-likeness (QED) is 0.727. The van der Waals surface area contributed by atoms with Crippen LogP contribution in [0.1, 0.15) is 17.2 Å². The summed E-state index contributed by atoms with van der Waals surface area (Å²) in [5.41, 5.74) is 2.46. The smallest absolute Gasteiger partial charge is 0.109 e. The minimum Gasteiger partial charge on any atom is -0.335 e. The Balaban J connectivity index is 2.14. The molecule has 72 valence electrons. The van der Waals surface area contributed by atoms with Gasteiger partial charge in [0.05, 0.1) is 5.69 Å². The highest BCUT2D eigenvalue weighted by Gasteiger charge is 2.19. The predicted octanol–water partition coefficient (Wildman–Crippen LogP) is 0.799. The molecule has 2 rings (SSSR count). The Labute approximate surface area is 79.2 Å². The SMILES string of the molecule is Cc1nc(CC2CNC2)n(C)c1C. The second-order valence-electron chi connectivity index (χ2n) is 3.99. The van der Waals surface area contributed by atoms with Crippen molar-refractivity contribution in [3.05, 3.63) is 17.2 Å². The van der Waals surface area contributed by atoms with Gasteiger partial charge in [0.1, 0.15) is 5.82 Å². The average Bonchev–Trinajstić information content (AvgIpc) is 2.26. The van der Waals surface area contributed by atoms with E-state index in [1.807, 2.05) is 0 Å². The highest BCUT2D eigenvalue weighted by Crippen LogP contribution is 2.14. The molecule has 0 bridgehead atoms. The van der Waals surface area contributed by atoms with E-state index in [0.717, 1.165) is 25.4 Å². The van der Waals surface area contributed by atoms with E-state index in [2.05, 4.69) is 35.8 Å². The van der Waals surface area contributed by atoms with Crippen molar-refractivity contribution in [3.8, 4) is 0 Å². The molecule has 0 aromatic carbocycles. The molecule has 0 unspecified atom stereocenters. The first-order chi connectivity index (χ1) is 6.18. The number of aryl methyl sites for hydroxylation is 1. The van der Waals surface area contributed by atoms with Gasteiger partial charge in [-0.25, -0.2) is 4.98 Å².